The lowest BCUT2D eigenvalue weighted by atomic mass is 10.3. The highest BCUT2D eigenvalue weighted by molar-refractivity contribution is 7.57. The van der Waals surface area contributed by atoms with Crippen LogP contribution in [0.25, 0.3) is 11.2 Å². The second-order valence-electron chi connectivity index (χ2n) is 7.47. The molecule has 4 rings (SSSR count). The standard InChI is InChI=1S/C21H24FN6O6P/c1-3-31-21(29)13(2)27-35(30,34-14-7-5-4-6-8-14)12-32-16-9-15(22)20(33-16)28-11-26-17-18(23)24-10-25-19(17)28/h4-11,13,16,20H,3,12H2,1-2H3,(H,27,30)(H2,23,24,25)/t13-,16-,20+,35-/m0/s1. The maximum absolute atomic E-state index is 14.8. The van der Waals surface area contributed by atoms with E-state index in [0.717, 1.165) is 6.08 Å². The number of nitrogens with one attached hydrogen (secondary N) is 1. The molecular formula is C21H24FN6O6P. The second kappa shape index (κ2) is 10.5. The van der Waals surface area contributed by atoms with Crippen molar-refractivity contribution >= 4 is 30.5 Å². The lowest BCUT2D eigenvalue weighted by Crippen LogP contribution is -2.36. The number of hydrogen-bond donors (Lipinski definition) is 2. The van der Waals surface area contributed by atoms with E-state index in [9.17, 15) is 13.8 Å². The summed E-state index contributed by atoms with van der Waals surface area (Å²) in [6.45, 7) is 3.30. The Hall–Kier alpha value is -3.38. The summed E-state index contributed by atoms with van der Waals surface area (Å²) in [5.74, 6) is -0.847. The van der Waals surface area contributed by atoms with E-state index in [1.54, 1.807) is 37.3 Å². The molecule has 3 aromatic rings. The molecule has 0 saturated heterocycles. The number of nitrogen functional groups attached to an aromatic ring is 1. The maximum Gasteiger partial charge on any atom is 0.342 e. The van der Waals surface area contributed by atoms with Gasteiger partial charge in [0.1, 0.15) is 23.6 Å². The number of benzene rings is 1. The third kappa shape index (κ3) is 5.65. The number of nitrogens with two attached hydrogens (primary N) is 1. The summed E-state index contributed by atoms with van der Waals surface area (Å²) in [6.07, 6.45) is 0.676. The average molecular weight is 506 g/mol. The zero-order valence-electron chi connectivity index (χ0n) is 18.9. The molecule has 0 spiro atoms. The summed E-state index contributed by atoms with van der Waals surface area (Å²) < 4.78 is 51.5. The number of fused-ring (bicyclic) bond motifs is 1. The Bertz CT molecular complexity index is 1270. The number of esters is 1. The summed E-state index contributed by atoms with van der Waals surface area (Å²) in [5, 5.41) is 2.65. The Kier molecular flexibility index (Phi) is 7.41. The Labute approximate surface area is 199 Å². The van der Waals surface area contributed by atoms with Gasteiger partial charge in [0.25, 0.3) is 0 Å². The molecule has 35 heavy (non-hydrogen) atoms. The monoisotopic (exact) mass is 506 g/mol. The van der Waals surface area contributed by atoms with Crippen LogP contribution in [0.1, 0.15) is 20.1 Å². The highest BCUT2D eigenvalue weighted by Crippen LogP contribution is 2.45. The van der Waals surface area contributed by atoms with Gasteiger partial charge >= 0.3 is 13.5 Å². The molecule has 186 valence electrons. The summed E-state index contributed by atoms with van der Waals surface area (Å²) >= 11 is 0. The largest absolute Gasteiger partial charge is 0.465 e. The summed E-state index contributed by atoms with van der Waals surface area (Å²) in [4.78, 5) is 24.1. The van der Waals surface area contributed by atoms with Crippen LogP contribution < -0.4 is 15.3 Å². The Morgan fingerprint density at radius 1 is 1.31 bits per heavy atom. The zero-order valence-corrected chi connectivity index (χ0v) is 19.8. The molecule has 0 unspecified atom stereocenters. The average Bonchev–Trinajstić information content (AvgIpc) is 3.42. The van der Waals surface area contributed by atoms with Crippen molar-refractivity contribution in [1.82, 2.24) is 24.6 Å². The van der Waals surface area contributed by atoms with Crippen LogP contribution in [0, 0.1) is 0 Å². The molecule has 0 bridgehead atoms. The van der Waals surface area contributed by atoms with Crippen molar-refractivity contribution in [2.24, 2.45) is 0 Å². The topological polar surface area (TPSA) is 153 Å². The number of anilines is 1. The van der Waals surface area contributed by atoms with E-state index in [4.69, 9.17) is 24.5 Å². The van der Waals surface area contributed by atoms with E-state index in [1.165, 1.54) is 24.1 Å². The molecule has 0 radical (unpaired) electrons. The zero-order chi connectivity index (χ0) is 25.0. The van der Waals surface area contributed by atoms with Crippen LogP contribution in [0.4, 0.5) is 10.2 Å². The van der Waals surface area contributed by atoms with E-state index in [0.29, 0.717) is 5.52 Å². The first kappa shape index (κ1) is 24.7. The quantitative estimate of drug-likeness (QED) is 0.308. The number of nitrogens with zero attached hydrogens (tertiary/aromatic N) is 4. The fourth-order valence-corrected chi connectivity index (χ4v) is 4.98. The molecule has 1 aliphatic rings. The van der Waals surface area contributed by atoms with Gasteiger partial charge in [0.15, 0.2) is 36.2 Å². The van der Waals surface area contributed by atoms with E-state index in [2.05, 4.69) is 20.0 Å². The van der Waals surface area contributed by atoms with Crippen LogP contribution in [0.2, 0.25) is 0 Å². The fourth-order valence-electron chi connectivity index (χ4n) is 3.30. The Morgan fingerprint density at radius 2 is 2.09 bits per heavy atom. The van der Waals surface area contributed by atoms with Crippen molar-refractivity contribution in [1.29, 1.82) is 0 Å². The van der Waals surface area contributed by atoms with Crippen LogP contribution >= 0.6 is 7.52 Å². The number of carbonyl (C=O) groups is 1. The number of halogens is 1. The van der Waals surface area contributed by atoms with Gasteiger partial charge in [-0.1, -0.05) is 18.2 Å². The van der Waals surface area contributed by atoms with Gasteiger partial charge in [-0.3, -0.25) is 13.9 Å². The molecular weight excluding hydrogens is 482 g/mol. The normalized spacial score (nSPS) is 20.3. The third-order valence-electron chi connectivity index (χ3n) is 4.87. The number of aromatic nitrogens is 4. The van der Waals surface area contributed by atoms with E-state index in [-0.39, 0.29) is 23.8 Å². The summed E-state index contributed by atoms with van der Waals surface area (Å²) in [7, 11) is -3.83. The predicted molar refractivity (Wildman–Crippen MR) is 123 cm³/mol. The number of carbonyl (C=O) groups excluding carboxylic acids is 1. The van der Waals surface area contributed by atoms with Crippen molar-refractivity contribution in [3.8, 4) is 5.75 Å². The number of imidazole rings is 1. The molecule has 3 heterocycles. The molecule has 4 atom stereocenters. The van der Waals surface area contributed by atoms with Gasteiger partial charge in [0.2, 0.25) is 0 Å². The molecule has 12 nitrogen and oxygen atoms in total. The summed E-state index contributed by atoms with van der Waals surface area (Å²) in [5.41, 5.74) is 6.35. The van der Waals surface area contributed by atoms with Crippen molar-refractivity contribution in [2.75, 3.05) is 18.7 Å². The molecule has 0 fully saturated rings. The smallest absolute Gasteiger partial charge is 0.342 e. The molecule has 3 N–H and O–H groups in total. The molecule has 0 saturated carbocycles. The minimum absolute atomic E-state index is 0.143. The van der Waals surface area contributed by atoms with Gasteiger partial charge in [0.05, 0.1) is 12.9 Å². The third-order valence-corrected chi connectivity index (χ3v) is 6.64. The number of ether oxygens (including phenoxy) is 3. The lowest BCUT2D eigenvalue weighted by Gasteiger charge is -2.24. The first-order valence-corrected chi connectivity index (χ1v) is 12.5. The number of hydrogen-bond acceptors (Lipinski definition) is 10. The molecule has 14 heteroatoms. The van der Waals surface area contributed by atoms with Gasteiger partial charge in [-0.2, -0.15) is 0 Å². The van der Waals surface area contributed by atoms with Gasteiger partial charge in [0, 0.05) is 6.08 Å². The summed E-state index contributed by atoms with van der Waals surface area (Å²) in [6, 6.07) is 7.40. The number of para-hydroxylation sites is 1. The van der Waals surface area contributed by atoms with Crippen molar-refractivity contribution in [2.45, 2.75) is 32.4 Å². The predicted octanol–water partition coefficient (Wildman–Crippen LogP) is 2.90. The highest BCUT2D eigenvalue weighted by atomic mass is 31.2. The molecule has 1 aliphatic heterocycles. The fraction of sp³-hybridized carbons (Fsp3) is 0.333. The minimum Gasteiger partial charge on any atom is -0.465 e. The van der Waals surface area contributed by atoms with Gasteiger partial charge in [-0.15, -0.1) is 0 Å². The molecule has 0 aliphatic carbocycles. The van der Waals surface area contributed by atoms with Crippen molar-refractivity contribution < 1.29 is 32.5 Å². The maximum atomic E-state index is 14.8. The van der Waals surface area contributed by atoms with E-state index < -0.39 is 44.2 Å². The van der Waals surface area contributed by atoms with Crippen molar-refractivity contribution in [3.05, 3.63) is 54.9 Å². The molecule has 1 aromatic carbocycles. The Balaban J connectivity index is 1.47. The van der Waals surface area contributed by atoms with Crippen LogP contribution in [-0.4, -0.2) is 50.8 Å². The van der Waals surface area contributed by atoms with Gasteiger partial charge in [-0.05, 0) is 26.0 Å². The van der Waals surface area contributed by atoms with E-state index >= 15 is 0 Å². The SMILES string of the molecule is CCOC(=O)[C@H](C)N[P@](=O)(CO[C@@H]1C=C(F)[C@H](n2cnc3c(N)ncnc32)O1)Oc1ccccc1. The number of rotatable bonds is 10. The minimum atomic E-state index is -3.83. The van der Waals surface area contributed by atoms with Crippen LogP contribution in [-0.2, 0) is 23.6 Å². The Morgan fingerprint density at radius 3 is 2.83 bits per heavy atom. The van der Waals surface area contributed by atoms with Crippen LogP contribution in [0.3, 0.4) is 0 Å². The lowest BCUT2D eigenvalue weighted by molar-refractivity contribution is -0.144. The van der Waals surface area contributed by atoms with Crippen LogP contribution in [0.15, 0.2) is 54.9 Å². The van der Waals surface area contributed by atoms with Gasteiger partial charge < -0.3 is 24.5 Å². The van der Waals surface area contributed by atoms with Crippen molar-refractivity contribution in [3.63, 3.8) is 0 Å². The highest BCUT2D eigenvalue weighted by Gasteiger charge is 2.36. The molecule has 2 aromatic heterocycles. The van der Waals surface area contributed by atoms with E-state index in [1.807, 2.05) is 0 Å². The second-order valence-corrected chi connectivity index (χ2v) is 9.51. The first-order valence-electron chi connectivity index (χ1n) is 10.6. The first-order chi connectivity index (χ1) is 16.8. The molecule has 0 amide bonds. The van der Waals surface area contributed by atoms with Gasteiger partial charge in [-0.25, -0.2) is 24.4 Å². The van der Waals surface area contributed by atoms with Crippen LogP contribution in [0.5, 0.6) is 5.75 Å².